The van der Waals surface area contributed by atoms with Crippen LogP contribution in [0.5, 0.6) is 0 Å². The quantitative estimate of drug-likeness (QED) is 0.622. The van der Waals surface area contributed by atoms with E-state index in [-0.39, 0.29) is 16.8 Å². The molecule has 0 unspecified atom stereocenters. The molecule has 1 aromatic carbocycles. The number of aromatic nitrogens is 1. The summed E-state index contributed by atoms with van der Waals surface area (Å²) >= 11 is 7.83. The van der Waals surface area contributed by atoms with E-state index in [1.165, 1.54) is 6.20 Å². The second-order valence-corrected chi connectivity index (χ2v) is 6.08. The van der Waals surface area contributed by atoms with Gasteiger partial charge >= 0.3 is 0 Å². The lowest BCUT2D eigenvalue weighted by Crippen LogP contribution is -2.14. The number of fused-ring (bicyclic) bond motifs is 1. The summed E-state index contributed by atoms with van der Waals surface area (Å²) in [4.78, 5) is 15.8. The zero-order chi connectivity index (χ0) is 13.6. The molecule has 6 heteroatoms. The number of hydrogen-bond acceptors (Lipinski definition) is 2. The van der Waals surface area contributed by atoms with Crippen LogP contribution in [0.1, 0.15) is 12.8 Å². The molecule has 0 saturated heterocycles. The minimum Gasteiger partial charge on any atom is -0.310 e. The van der Waals surface area contributed by atoms with Crippen molar-refractivity contribution in [2.24, 2.45) is 5.92 Å². The first kappa shape index (κ1) is 13.1. The number of pyridine rings is 1. The van der Waals surface area contributed by atoms with Gasteiger partial charge in [0.2, 0.25) is 5.91 Å². The molecule has 1 amide bonds. The third-order valence-corrected chi connectivity index (χ3v) is 4.21. The lowest BCUT2D eigenvalue weighted by Gasteiger charge is -2.07. The molecule has 2 aromatic rings. The van der Waals surface area contributed by atoms with Crippen molar-refractivity contribution < 1.29 is 9.18 Å². The summed E-state index contributed by atoms with van der Waals surface area (Å²) in [6.45, 7) is 0. The van der Waals surface area contributed by atoms with Gasteiger partial charge in [-0.05, 0) is 53.0 Å². The normalized spacial score (nSPS) is 14.7. The standard InChI is InChI=1S/C13H9ClFIN2O/c14-11-8-5-17-10(18-13(19)6-1-2-6)4-7(8)3-9(16)12(11)15/h3-6H,1-2H2,(H,17,18,19). The number of carbonyl (C=O) groups excluding carboxylic acids is 1. The van der Waals surface area contributed by atoms with Crippen LogP contribution < -0.4 is 5.32 Å². The Labute approximate surface area is 127 Å². The number of hydrogen-bond donors (Lipinski definition) is 1. The molecule has 3 nitrogen and oxygen atoms in total. The summed E-state index contributed by atoms with van der Waals surface area (Å²) in [5.41, 5.74) is 0. The maximum Gasteiger partial charge on any atom is 0.228 e. The van der Waals surface area contributed by atoms with E-state index in [0.29, 0.717) is 14.8 Å². The van der Waals surface area contributed by atoms with E-state index < -0.39 is 5.82 Å². The van der Waals surface area contributed by atoms with Crippen LogP contribution in [0.15, 0.2) is 18.3 Å². The van der Waals surface area contributed by atoms with E-state index in [4.69, 9.17) is 11.6 Å². The highest BCUT2D eigenvalue weighted by atomic mass is 127. The Balaban J connectivity index is 2.00. The number of rotatable bonds is 2. The summed E-state index contributed by atoms with van der Waals surface area (Å²) in [5.74, 6) is 0.151. The molecular formula is C13H9ClFIN2O. The molecule has 98 valence electrons. The predicted molar refractivity (Wildman–Crippen MR) is 80.8 cm³/mol. The first-order valence-electron chi connectivity index (χ1n) is 5.80. The van der Waals surface area contributed by atoms with Gasteiger partial charge in [-0.15, -0.1) is 0 Å². The van der Waals surface area contributed by atoms with Gasteiger partial charge in [0, 0.05) is 17.5 Å². The lowest BCUT2D eigenvalue weighted by atomic mass is 10.1. The molecule has 0 radical (unpaired) electrons. The summed E-state index contributed by atoms with van der Waals surface area (Å²) in [7, 11) is 0. The molecule has 1 saturated carbocycles. The highest BCUT2D eigenvalue weighted by molar-refractivity contribution is 14.1. The van der Waals surface area contributed by atoms with Gasteiger partial charge in [-0.25, -0.2) is 9.37 Å². The Morgan fingerprint density at radius 3 is 2.89 bits per heavy atom. The Kier molecular flexibility index (Phi) is 3.34. The highest BCUT2D eigenvalue weighted by Gasteiger charge is 2.29. The van der Waals surface area contributed by atoms with Gasteiger partial charge in [0.1, 0.15) is 5.82 Å². The average Bonchev–Trinajstić information content (AvgIpc) is 3.20. The largest absolute Gasteiger partial charge is 0.310 e. The number of amides is 1. The molecule has 0 aliphatic heterocycles. The topological polar surface area (TPSA) is 42.0 Å². The van der Waals surface area contributed by atoms with E-state index >= 15 is 0 Å². The van der Waals surface area contributed by atoms with Crippen molar-refractivity contribution in [3.63, 3.8) is 0 Å². The van der Waals surface area contributed by atoms with E-state index in [1.54, 1.807) is 12.1 Å². The average molecular weight is 391 g/mol. The van der Waals surface area contributed by atoms with Gasteiger partial charge in [-0.1, -0.05) is 11.6 Å². The summed E-state index contributed by atoms with van der Waals surface area (Å²) < 4.78 is 14.1. The van der Waals surface area contributed by atoms with Crippen molar-refractivity contribution in [1.82, 2.24) is 4.98 Å². The van der Waals surface area contributed by atoms with Crippen LogP contribution in [0.4, 0.5) is 10.2 Å². The molecular weight excluding hydrogens is 382 g/mol. The fourth-order valence-corrected chi connectivity index (χ4v) is 2.86. The smallest absolute Gasteiger partial charge is 0.228 e. The molecule has 1 aromatic heterocycles. The second kappa shape index (κ2) is 4.86. The van der Waals surface area contributed by atoms with Crippen molar-refractivity contribution in [1.29, 1.82) is 0 Å². The monoisotopic (exact) mass is 390 g/mol. The zero-order valence-corrected chi connectivity index (χ0v) is 12.6. The lowest BCUT2D eigenvalue weighted by molar-refractivity contribution is -0.117. The van der Waals surface area contributed by atoms with Crippen LogP contribution in [0.3, 0.4) is 0 Å². The first-order valence-corrected chi connectivity index (χ1v) is 7.26. The van der Waals surface area contributed by atoms with Crippen molar-refractivity contribution in [3.05, 3.63) is 32.7 Å². The van der Waals surface area contributed by atoms with Crippen molar-refractivity contribution in [2.45, 2.75) is 12.8 Å². The van der Waals surface area contributed by atoms with E-state index in [2.05, 4.69) is 10.3 Å². The fraction of sp³-hybridized carbons (Fsp3) is 0.231. The molecule has 19 heavy (non-hydrogen) atoms. The van der Waals surface area contributed by atoms with E-state index in [0.717, 1.165) is 18.2 Å². The number of halogens is 3. The van der Waals surface area contributed by atoms with Crippen LogP contribution in [-0.2, 0) is 4.79 Å². The van der Waals surface area contributed by atoms with Gasteiger partial charge < -0.3 is 5.32 Å². The number of carbonyl (C=O) groups is 1. The van der Waals surface area contributed by atoms with Gasteiger partial charge in [-0.3, -0.25) is 4.79 Å². The molecule has 3 rings (SSSR count). The number of anilines is 1. The van der Waals surface area contributed by atoms with Gasteiger partial charge in [-0.2, -0.15) is 0 Å². The summed E-state index contributed by atoms with van der Waals surface area (Å²) in [6.07, 6.45) is 3.36. The number of nitrogens with zero attached hydrogens (tertiary/aromatic N) is 1. The SMILES string of the molecule is O=C(Nc1cc2cc(I)c(F)c(Cl)c2cn1)C1CC1. The predicted octanol–water partition coefficient (Wildman–Crippen LogP) is 3.98. The molecule has 0 atom stereocenters. The van der Waals surface area contributed by atoms with Crippen LogP contribution in [0.2, 0.25) is 5.02 Å². The first-order chi connectivity index (χ1) is 9.06. The van der Waals surface area contributed by atoms with E-state index in [9.17, 15) is 9.18 Å². The maximum atomic E-state index is 13.6. The van der Waals surface area contributed by atoms with Crippen LogP contribution in [0, 0.1) is 15.3 Å². The zero-order valence-electron chi connectivity index (χ0n) is 9.71. The molecule has 0 bridgehead atoms. The molecule has 1 fully saturated rings. The van der Waals surface area contributed by atoms with Gasteiger partial charge in [0.05, 0.1) is 8.59 Å². The Hall–Kier alpha value is -0.950. The number of nitrogens with one attached hydrogen (secondary N) is 1. The molecule has 0 spiro atoms. The van der Waals surface area contributed by atoms with E-state index in [1.807, 2.05) is 22.6 Å². The summed E-state index contributed by atoms with van der Waals surface area (Å²) in [5, 5.41) is 4.13. The molecule has 1 heterocycles. The third-order valence-electron chi connectivity index (χ3n) is 3.06. The minimum absolute atomic E-state index is 0.00486. The maximum absolute atomic E-state index is 13.6. The van der Waals surface area contributed by atoms with Crippen molar-refractivity contribution in [2.75, 3.05) is 5.32 Å². The third kappa shape index (κ3) is 2.53. The van der Waals surface area contributed by atoms with Gasteiger partial charge in [0.25, 0.3) is 0 Å². The number of benzene rings is 1. The van der Waals surface area contributed by atoms with Crippen LogP contribution in [-0.4, -0.2) is 10.9 Å². The molecule has 1 N–H and O–H groups in total. The summed E-state index contributed by atoms with van der Waals surface area (Å²) in [6, 6.07) is 3.40. The Bertz CT molecular complexity index is 688. The Morgan fingerprint density at radius 1 is 1.47 bits per heavy atom. The Morgan fingerprint density at radius 2 is 2.21 bits per heavy atom. The second-order valence-electron chi connectivity index (χ2n) is 4.54. The van der Waals surface area contributed by atoms with Gasteiger partial charge in [0.15, 0.2) is 5.82 Å². The fourth-order valence-electron chi connectivity index (χ4n) is 1.84. The minimum atomic E-state index is -0.439. The molecule has 1 aliphatic rings. The van der Waals surface area contributed by atoms with Crippen molar-refractivity contribution in [3.8, 4) is 0 Å². The molecule has 1 aliphatic carbocycles. The van der Waals surface area contributed by atoms with Crippen LogP contribution in [0.25, 0.3) is 10.8 Å². The van der Waals surface area contributed by atoms with Crippen molar-refractivity contribution >= 4 is 56.7 Å². The highest BCUT2D eigenvalue weighted by Crippen LogP contribution is 2.32. The van der Waals surface area contributed by atoms with Crippen LogP contribution >= 0.6 is 34.2 Å².